The van der Waals surface area contributed by atoms with Crippen molar-refractivity contribution in [3.63, 3.8) is 0 Å². The molecule has 2 N–H and O–H groups in total. The zero-order chi connectivity index (χ0) is 16.5. The van der Waals surface area contributed by atoms with Gasteiger partial charge in [-0.05, 0) is 0 Å². The average molecular weight is 328 g/mol. The Kier molecular flexibility index (Phi) is 3.87. The highest BCUT2D eigenvalue weighted by Crippen LogP contribution is 2.35. The van der Waals surface area contributed by atoms with E-state index in [1.807, 2.05) is 0 Å². The Morgan fingerprint density at radius 3 is 2.83 bits per heavy atom. The molecular weight excluding hydrogens is 311 g/mol. The fourth-order valence-electron chi connectivity index (χ4n) is 3.08. The van der Waals surface area contributed by atoms with Crippen molar-refractivity contribution in [2.45, 2.75) is 6.61 Å². The Labute approximate surface area is 137 Å². The lowest BCUT2D eigenvalue weighted by Gasteiger charge is -2.28. The number of fused-ring (bicyclic) bond motifs is 1. The van der Waals surface area contributed by atoms with Crippen molar-refractivity contribution in [1.82, 2.24) is 15.0 Å². The summed E-state index contributed by atoms with van der Waals surface area (Å²) >= 11 is 0. The molecule has 0 saturated carbocycles. The molecule has 0 aliphatic carbocycles. The van der Waals surface area contributed by atoms with Gasteiger partial charge in [-0.2, -0.15) is 0 Å². The Bertz CT molecular complexity index is 874. The van der Waals surface area contributed by atoms with Gasteiger partial charge in [0, 0.05) is 36.0 Å². The molecule has 4 rings (SSSR count). The molecule has 0 bridgehead atoms. The maximum absolute atomic E-state index is 14.7. The molecular formula is C17H17FN4O2. The summed E-state index contributed by atoms with van der Waals surface area (Å²) in [5.74, 6) is 0.353. The SMILES string of the molecule is OCc1cccc(-c2c[nH]c3ncnc(N4CCOCC4)c23)c1F. The molecule has 0 unspecified atom stereocenters. The number of halogens is 1. The van der Waals surface area contributed by atoms with Gasteiger partial charge < -0.3 is 19.7 Å². The van der Waals surface area contributed by atoms with Crippen molar-refractivity contribution in [2.24, 2.45) is 0 Å². The van der Waals surface area contributed by atoms with Crippen LogP contribution in [0.1, 0.15) is 5.56 Å². The molecule has 1 fully saturated rings. The van der Waals surface area contributed by atoms with Gasteiger partial charge in [0.1, 0.15) is 23.6 Å². The third kappa shape index (κ3) is 2.42. The number of aromatic nitrogens is 3. The van der Waals surface area contributed by atoms with Gasteiger partial charge >= 0.3 is 0 Å². The van der Waals surface area contributed by atoms with E-state index in [0.717, 1.165) is 24.3 Å². The van der Waals surface area contributed by atoms with Crippen molar-refractivity contribution in [3.8, 4) is 11.1 Å². The van der Waals surface area contributed by atoms with Crippen LogP contribution in [0.2, 0.25) is 0 Å². The lowest BCUT2D eigenvalue weighted by Crippen LogP contribution is -2.36. The maximum atomic E-state index is 14.7. The zero-order valence-electron chi connectivity index (χ0n) is 13.0. The number of H-pyrrole nitrogens is 1. The third-order valence-electron chi connectivity index (χ3n) is 4.30. The Morgan fingerprint density at radius 2 is 2.04 bits per heavy atom. The number of hydrogen-bond donors (Lipinski definition) is 2. The molecule has 0 radical (unpaired) electrons. The van der Waals surface area contributed by atoms with E-state index in [1.165, 1.54) is 6.33 Å². The van der Waals surface area contributed by atoms with Crippen LogP contribution in [0.5, 0.6) is 0 Å². The van der Waals surface area contributed by atoms with E-state index in [9.17, 15) is 9.50 Å². The minimum absolute atomic E-state index is 0.270. The highest BCUT2D eigenvalue weighted by molar-refractivity contribution is 6.01. The van der Waals surface area contributed by atoms with Gasteiger partial charge in [-0.1, -0.05) is 18.2 Å². The van der Waals surface area contributed by atoms with E-state index >= 15 is 0 Å². The number of rotatable bonds is 3. The first-order chi connectivity index (χ1) is 11.8. The summed E-state index contributed by atoms with van der Waals surface area (Å²) in [6, 6.07) is 5.02. The number of nitrogens with one attached hydrogen (secondary N) is 1. The zero-order valence-corrected chi connectivity index (χ0v) is 13.0. The van der Waals surface area contributed by atoms with Crippen molar-refractivity contribution >= 4 is 16.9 Å². The summed E-state index contributed by atoms with van der Waals surface area (Å²) in [7, 11) is 0. The number of benzene rings is 1. The van der Waals surface area contributed by atoms with Crippen LogP contribution < -0.4 is 4.90 Å². The van der Waals surface area contributed by atoms with Crippen LogP contribution in [0.3, 0.4) is 0 Å². The molecule has 2 aromatic heterocycles. The van der Waals surface area contributed by atoms with Crippen molar-refractivity contribution in [1.29, 1.82) is 0 Å². The first-order valence-corrected chi connectivity index (χ1v) is 7.83. The number of hydrogen-bond acceptors (Lipinski definition) is 5. The fourth-order valence-corrected chi connectivity index (χ4v) is 3.08. The summed E-state index contributed by atoms with van der Waals surface area (Å²) in [5, 5.41) is 10.1. The predicted octanol–water partition coefficient (Wildman–Crippen LogP) is 2.09. The number of ether oxygens (including phenoxy) is 1. The average Bonchev–Trinajstić information content (AvgIpc) is 3.07. The first-order valence-electron chi connectivity index (χ1n) is 7.83. The number of morpholine rings is 1. The highest BCUT2D eigenvalue weighted by Gasteiger charge is 2.21. The number of aliphatic hydroxyl groups is 1. The Balaban J connectivity index is 1.91. The molecule has 1 saturated heterocycles. The summed E-state index contributed by atoms with van der Waals surface area (Å²) in [6.45, 7) is 2.40. The van der Waals surface area contributed by atoms with E-state index in [-0.39, 0.29) is 12.2 Å². The van der Waals surface area contributed by atoms with Gasteiger partial charge in [0.2, 0.25) is 0 Å². The molecule has 6 nitrogen and oxygen atoms in total. The van der Waals surface area contributed by atoms with Crippen LogP contribution in [0, 0.1) is 5.82 Å². The van der Waals surface area contributed by atoms with Gasteiger partial charge in [-0.15, -0.1) is 0 Å². The van der Waals surface area contributed by atoms with E-state index < -0.39 is 5.82 Å². The normalized spacial score (nSPS) is 15.2. The molecule has 124 valence electrons. The second-order valence-electron chi connectivity index (χ2n) is 5.66. The first kappa shape index (κ1) is 15.0. The molecule has 3 heterocycles. The van der Waals surface area contributed by atoms with Crippen molar-refractivity contribution < 1.29 is 14.2 Å². The van der Waals surface area contributed by atoms with Gasteiger partial charge in [-0.25, -0.2) is 14.4 Å². The van der Waals surface area contributed by atoms with Crippen LogP contribution in [-0.4, -0.2) is 46.4 Å². The van der Waals surface area contributed by atoms with Crippen LogP contribution >= 0.6 is 0 Å². The topological polar surface area (TPSA) is 74.3 Å². The van der Waals surface area contributed by atoms with E-state index in [0.29, 0.717) is 30.0 Å². The number of nitrogens with zero attached hydrogens (tertiary/aromatic N) is 3. The maximum Gasteiger partial charge on any atom is 0.143 e. The second-order valence-corrected chi connectivity index (χ2v) is 5.66. The van der Waals surface area contributed by atoms with Crippen molar-refractivity contribution in [2.75, 3.05) is 31.2 Å². The lowest BCUT2D eigenvalue weighted by atomic mass is 10.0. The number of aliphatic hydroxyl groups excluding tert-OH is 1. The van der Waals surface area contributed by atoms with E-state index in [1.54, 1.807) is 24.4 Å². The summed E-state index contributed by atoms with van der Waals surface area (Å²) in [4.78, 5) is 13.9. The molecule has 1 aromatic carbocycles. The Hall–Kier alpha value is -2.51. The van der Waals surface area contributed by atoms with E-state index in [4.69, 9.17) is 4.74 Å². The number of aromatic amines is 1. The van der Waals surface area contributed by atoms with Gasteiger partial charge in [-0.3, -0.25) is 0 Å². The van der Waals surface area contributed by atoms with Gasteiger partial charge in [0.25, 0.3) is 0 Å². The highest BCUT2D eigenvalue weighted by atomic mass is 19.1. The largest absolute Gasteiger partial charge is 0.392 e. The molecule has 3 aromatic rings. The van der Waals surface area contributed by atoms with Crippen LogP contribution in [0.15, 0.2) is 30.7 Å². The Morgan fingerprint density at radius 1 is 1.21 bits per heavy atom. The standard InChI is InChI=1S/C17H17FN4O2/c18-15-11(9-23)2-1-3-12(15)13-8-19-16-14(13)17(21-10-20-16)22-4-6-24-7-5-22/h1-3,8,10,23H,4-7,9H2,(H,19,20,21). The molecule has 1 aliphatic heterocycles. The quantitative estimate of drug-likeness (QED) is 0.770. The predicted molar refractivity (Wildman–Crippen MR) is 88.2 cm³/mol. The van der Waals surface area contributed by atoms with Gasteiger partial charge in [0.15, 0.2) is 0 Å². The molecule has 1 aliphatic rings. The van der Waals surface area contributed by atoms with E-state index in [2.05, 4.69) is 19.9 Å². The second kappa shape index (κ2) is 6.18. The monoisotopic (exact) mass is 328 g/mol. The molecule has 0 atom stereocenters. The summed E-state index contributed by atoms with van der Waals surface area (Å²) in [6.07, 6.45) is 3.25. The fraction of sp³-hybridized carbons (Fsp3) is 0.294. The third-order valence-corrected chi connectivity index (χ3v) is 4.30. The molecule has 0 spiro atoms. The van der Waals surface area contributed by atoms with Crippen LogP contribution in [0.4, 0.5) is 10.2 Å². The molecule has 7 heteroatoms. The smallest absolute Gasteiger partial charge is 0.143 e. The number of anilines is 1. The van der Waals surface area contributed by atoms with Gasteiger partial charge in [0.05, 0.1) is 25.2 Å². The molecule has 24 heavy (non-hydrogen) atoms. The molecule has 0 amide bonds. The minimum atomic E-state index is -0.419. The minimum Gasteiger partial charge on any atom is -0.392 e. The van der Waals surface area contributed by atoms with Crippen LogP contribution in [-0.2, 0) is 11.3 Å². The summed E-state index contributed by atoms with van der Waals surface area (Å²) in [5.41, 5.74) is 2.05. The lowest BCUT2D eigenvalue weighted by molar-refractivity contribution is 0.122. The summed E-state index contributed by atoms with van der Waals surface area (Å²) < 4.78 is 20.1. The van der Waals surface area contributed by atoms with Crippen molar-refractivity contribution in [3.05, 3.63) is 42.1 Å². The van der Waals surface area contributed by atoms with Crippen LogP contribution in [0.25, 0.3) is 22.2 Å².